The monoisotopic (exact) mass is 183 g/mol. The van der Waals surface area contributed by atoms with Gasteiger partial charge in [-0.15, -0.1) is 0 Å². The molecule has 1 rings (SSSR count). The average molecular weight is 184 g/mol. The minimum atomic E-state index is -0.524. The van der Waals surface area contributed by atoms with Gasteiger partial charge in [-0.05, 0) is 11.6 Å². The van der Waals surface area contributed by atoms with Crippen molar-refractivity contribution in [2.24, 2.45) is 0 Å². The van der Waals surface area contributed by atoms with Gasteiger partial charge < -0.3 is 0 Å². The first-order valence-corrected chi connectivity index (χ1v) is 3.64. The summed E-state index contributed by atoms with van der Waals surface area (Å²) in [7, 11) is 0. The molecule has 0 radical (unpaired) electrons. The fourth-order valence-electron chi connectivity index (χ4n) is 0.751. The lowest BCUT2D eigenvalue weighted by molar-refractivity contribution is -0.400. The molecule has 0 N–H and O–H groups in total. The second-order valence-electron chi connectivity index (χ2n) is 2.12. The lowest BCUT2D eigenvalue weighted by Crippen LogP contribution is -1.82. The standard InChI is InChI=1S/C8H6ClNO2/c9-8-4-2-1-3-7(8)5-6-10(11)12/h1-6H/b6-5+. The van der Waals surface area contributed by atoms with Gasteiger partial charge in [0.25, 0.3) is 0 Å². The van der Waals surface area contributed by atoms with Crippen molar-refractivity contribution in [3.8, 4) is 0 Å². The summed E-state index contributed by atoms with van der Waals surface area (Å²) in [6.07, 6.45) is 2.23. The second-order valence-corrected chi connectivity index (χ2v) is 2.53. The summed E-state index contributed by atoms with van der Waals surface area (Å²) in [6.45, 7) is 0. The van der Waals surface area contributed by atoms with Gasteiger partial charge in [-0.2, -0.15) is 0 Å². The topological polar surface area (TPSA) is 43.1 Å². The van der Waals surface area contributed by atoms with E-state index in [1.165, 1.54) is 6.08 Å². The fourth-order valence-corrected chi connectivity index (χ4v) is 0.950. The van der Waals surface area contributed by atoms with Gasteiger partial charge in [0.2, 0.25) is 6.20 Å². The van der Waals surface area contributed by atoms with Crippen LogP contribution in [0.3, 0.4) is 0 Å². The molecule has 0 atom stereocenters. The average Bonchev–Trinajstić information content (AvgIpc) is 2.03. The quantitative estimate of drug-likeness (QED) is 0.523. The van der Waals surface area contributed by atoms with Crippen LogP contribution < -0.4 is 0 Å². The van der Waals surface area contributed by atoms with Crippen LogP contribution in [0.4, 0.5) is 0 Å². The van der Waals surface area contributed by atoms with Gasteiger partial charge in [0.15, 0.2) is 0 Å². The molecule has 0 aliphatic rings. The van der Waals surface area contributed by atoms with E-state index in [1.54, 1.807) is 24.3 Å². The molecule has 12 heavy (non-hydrogen) atoms. The van der Waals surface area contributed by atoms with E-state index in [1.807, 2.05) is 0 Å². The van der Waals surface area contributed by atoms with Crippen molar-refractivity contribution < 1.29 is 4.92 Å². The number of hydrogen-bond acceptors (Lipinski definition) is 2. The van der Waals surface area contributed by atoms with Gasteiger partial charge in [-0.1, -0.05) is 29.8 Å². The predicted molar refractivity (Wildman–Crippen MR) is 47.5 cm³/mol. The van der Waals surface area contributed by atoms with Crippen LogP contribution in [0.5, 0.6) is 0 Å². The number of halogens is 1. The number of benzene rings is 1. The third-order valence-corrected chi connectivity index (χ3v) is 1.63. The summed E-state index contributed by atoms with van der Waals surface area (Å²) in [5.41, 5.74) is 0.649. The van der Waals surface area contributed by atoms with Gasteiger partial charge in [0.1, 0.15) is 0 Å². The van der Waals surface area contributed by atoms with E-state index < -0.39 is 4.92 Å². The van der Waals surface area contributed by atoms with Crippen molar-refractivity contribution in [1.82, 2.24) is 0 Å². The molecule has 62 valence electrons. The van der Waals surface area contributed by atoms with Gasteiger partial charge in [0.05, 0.1) is 4.92 Å². The number of hydrogen-bond donors (Lipinski definition) is 0. The normalized spacial score (nSPS) is 10.4. The summed E-state index contributed by atoms with van der Waals surface area (Å²) < 4.78 is 0. The van der Waals surface area contributed by atoms with Crippen LogP contribution in [-0.2, 0) is 0 Å². The summed E-state index contributed by atoms with van der Waals surface area (Å²) in [4.78, 5) is 9.44. The van der Waals surface area contributed by atoms with Crippen LogP contribution >= 0.6 is 11.6 Å². The zero-order chi connectivity index (χ0) is 8.97. The molecule has 0 saturated heterocycles. The summed E-state index contributed by atoms with van der Waals surface area (Å²) >= 11 is 5.73. The van der Waals surface area contributed by atoms with Crippen LogP contribution in [0.2, 0.25) is 5.02 Å². The van der Waals surface area contributed by atoms with Crippen LogP contribution in [0.1, 0.15) is 5.56 Å². The molecule has 1 aromatic rings. The molecule has 0 fully saturated rings. The van der Waals surface area contributed by atoms with E-state index in [0.29, 0.717) is 10.6 Å². The number of nitro groups is 1. The van der Waals surface area contributed by atoms with Crippen LogP contribution in [0.15, 0.2) is 30.5 Å². The molecular weight excluding hydrogens is 178 g/mol. The highest BCUT2D eigenvalue weighted by Crippen LogP contribution is 2.15. The zero-order valence-electron chi connectivity index (χ0n) is 6.11. The van der Waals surface area contributed by atoms with Gasteiger partial charge >= 0.3 is 0 Å². The highest BCUT2D eigenvalue weighted by Gasteiger charge is 1.94. The van der Waals surface area contributed by atoms with Crippen LogP contribution in [0, 0.1) is 10.1 Å². The first-order chi connectivity index (χ1) is 5.70. The highest BCUT2D eigenvalue weighted by atomic mass is 35.5. The maximum absolute atomic E-state index is 9.96. The largest absolute Gasteiger partial charge is 0.259 e. The third-order valence-electron chi connectivity index (χ3n) is 1.28. The Morgan fingerprint density at radius 2 is 2.08 bits per heavy atom. The maximum atomic E-state index is 9.96. The van der Waals surface area contributed by atoms with Gasteiger partial charge in [-0.25, -0.2) is 0 Å². The lowest BCUT2D eigenvalue weighted by atomic mass is 10.2. The molecule has 0 aliphatic carbocycles. The van der Waals surface area contributed by atoms with E-state index in [4.69, 9.17) is 11.6 Å². The molecule has 0 amide bonds. The Morgan fingerprint density at radius 1 is 1.42 bits per heavy atom. The molecule has 0 heterocycles. The van der Waals surface area contributed by atoms with Gasteiger partial charge in [0, 0.05) is 11.1 Å². The van der Waals surface area contributed by atoms with Crippen molar-refractivity contribution in [1.29, 1.82) is 0 Å². The first kappa shape index (κ1) is 8.74. The summed E-state index contributed by atoms with van der Waals surface area (Å²) in [5.74, 6) is 0. The van der Waals surface area contributed by atoms with Crippen molar-refractivity contribution in [3.05, 3.63) is 51.2 Å². The highest BCUT2D eigenvalue weighted by molar-refractivity contribution is 6.32. The fraction of sp³-hybridized carbons (Fsp3) is 0. The van der Waals surface area contributed by atoms with Crippen molar-refractivity contribution in [2.75, 3.05) is 0 Å². The van der Waals surface area contributed by atoms with Crippen molar-refractivity contribution in [3.63, 3.8) is 0 Å². The maximum Gasteiger partial charge on any atom is 0.235 e. The Hall–Kier alpha value is -1.35. The minimum absolute atomic E-state index is 0.510. The molecule has 1 aromatic carbocycles. The Bertz CT molecular complexity index is 323. The smallest absolute Gasteiger partial charge is 0.235 e. The van der Waals surface area contributed by atoms with Gasteiger partial charge in [-0.3, -0.25) is 10.1 Å². The molecule has 3 nitrogen and oxygen atoms in total. The van der Waals surface area contributed by atoms with E-state index in [0.717, 1.165) is 6.20 Å². The Balaban J connectivity index is 2.89. The molecule has 0 bridgehead atoms. The Labute approximate surface area is 74.4 Å². The molecule has 0 spiro atoms. The first-order valence-electron chi connectivity index (χ1n) is 3.26. The van der Waals surface area contributed by atoms with Crippen molar-refractivity contribution in [2.45, 2.75) is 0 Å². The zero-order valence-corrected chi connectivity index (χ0v) is 6.86. The Kier molecular flexibility index (Phi) is 2.82. The van der Waals surface area contributed by atoms with E-state index in [-0.39, 0.29) is 0 Å². The van der Waals surface area contributed by atoms with Crippen LogP contribution in [0.25, 0.3) is 6.08 Å². The summed E-state index contributed by atoms with van der Waals surface area (Å²) in [5, 5.41) is 10.5. The van der Waals surface area contributed by atoms with Crippen LogP contribution in [-0.4, -0.2) is 4.92 Å². The number of nitrogens with zero attached hydrogens (tertiary/aromatic N) is 1. The number of rotatable bonds is 2. The van der Waals surface area contributed by atoms with E-state index in [2.05, 4.69) is 0 Å². The molecular formula is C8H6ClNO2. The predicted octanol–water partition coefficient (Wildman–Crippen LogP) is 2.59. The molecule has 0 aliphatic heterocycles. The van der Waals surface area contributed by atoms with E-state index >= 15 is 0 Å². The molecule has 0 unspecified atom stereocenters. The molecule has 0 saturated carbocycles. The SMILES string of the molecule is O=[N+]([O-])/C=C/c1ccccc1Cl. The Morgan fingerprint density at radius 3 is 2.67 bits per heavy atom. The van der Waals surface area contributed by atoms with Crippen molar-refractivity contribution >= 4 is 17.7 Å². The molecule has 4 heteroatoms. The summed E-state index contributed by atoms with van der Waals surface area (Å²) in [6, 6.07) is 6.93. The lowest BCUT2D eigenvalue weighted by Gasteiger charge is -1.93. The molecule has 0 aromatic heterocycles. The third kappa shape index (κ3) is 2.36. The van der Waals surface area contributed by atoms with E-state index in [9.17, 15) is 10.1 Å². The minimum Gasteiger partial charge on any atom is -0.259 e. The second kappa shape index (κ2) is 3.88.